The van der Waals surface area contributed by atoms with Crippen molar-refractivity contribution in [2.45, 2.75) is 13.0 Å². The van der Waals surface area contributed by atoms with Crippen LogP contribution >= 0.6 is 0 Å². The molecule has 0 aliphatic carbocycles. The molecule has 0 bridgehead atoms. The Kier molecular flexibility index (Phi) is 3.40. The molecule has 0 unspecified atom stereocenters. The monoisotopic (exact) mass is 256 g/mol. The summed E-state index contributed by atoms with van der Waals surface area (Å²) >= 11 is 0. The van der Waals surface area contributed by atoms with Gasteiger partial charge in [0.2, 0.25) is 5.91 Å². The molecule has 1 aromatic rings. The first-order chi connectivity index (χ1) is 8.58. The van der Waals surface area contributed by atoms with Crippen molar-refractivity contribution < 1.29 is 23.1 Å². The van der Waals surface area contributed by atoms with E-state index in [9.17, 15) is 18.4 Å². The summed E-state index contributed by atoms with van der Waals surface area (Å²) in [7, 11) is 0. The summed E-state index contributed by atoms with van der Waals surface area (Å²) in [5.74, 6) is -0.486. The van der Waals surface area contributed by atoms with E-state index in [2.05, 4.69) is 10.1 Å². The van der Waals surface area contributed by atoms with Crippen LogP contribution in [0.5, 0.6) is 5.75 Å². The number of para-hydroxylation sites is 2. The topological polar surface area (TPSA) is 58.6 Å². The number of nitrogens with one attached hydrogen (secondary N) is 1. The molecule has 1 saturated heterocycles. The van der Waals surface area contributed by atoms with Crippen LogP contribution in [0.4, 0.5) is 19.3 Å². The highest BCUT2D eigenvalue weighted by Crippen LogP contribution is 2.30. The molecule has 0 saturated carbocycles. The highest BCUT2D eigenvalue weighted by Gasteiger charge is 2.26. The molecule has 1 heterocycles. The molecular formula is C11H10F2N2O3. The van der Waals surface area contributed by atoms with E-state index >= 15 is 0 Å². The van der Waals surface area contributed by atoms with Gasteiger partial charge in [-0.2, -0.15) is 8.78 Å². The summed E-state index contributed by atoms with van der Waals surface area (Å²) in [6.45, 7) is -2.84. The highest BCUT2D eigenvalue weighted by atomic mass is 19.3. The van der Waals surface area contributed by atoms with E-state index in [0.29, 0.717) is 0 Å². The van der Waals surface area contributed by atoms with Gasteiger partial charge in [-0.25, -0.2) is 4.79 Å². The van der Waals surface area contributed by atoms with Crippen molar-refractivity contribution in [3.05, 3.63) is 24.3 Å². The standard InChI is InChI=1S/C11H10F2N2O3/c12-10(13)18-8-4-2-1-3-7(8)15-6-5-9(16)14-11(15)17/h1-4,10H,5-6H2,(H,14,16,17). The van der Waals surface area contributed by atoms with E-state index in [-0.39, 0.29) is 30.3 Å². The van der Waals surface area contributed by atoms with E-state index in [1.165, 1.54) is 23.1 Å². The number of alkyl halides is 2. The second-order valence-corrected chi connectivity index (χ2v) is 3.60. The number of rotatable bonds is 3. The molecule has 1 aliphatic rings. The number of ether oxygens (including phenoxy) is 1. The second kappa shape index (κ2) is 4.99. The maximum atomic E-state index is 12.2. The Labute approximate surface area is 101 Å². The van der Waals surface area contributed by atoms with Gasteiger partial charge in [-0.15, -0.1) is 0 Å². The smallest absolute Gasteiger partial charge is 0.387 e. The number of hydrogen-bond donors (Lipinski definition) is 1. The first kappa shape index (κ1) is 12.3. The van der Waals surface area contributed by atoms with E-state index in [4.69, 9.17) is 0 Å². The Morgan fingerprint density at radius 2 is 2.00 bits per heavy atom. The van der Waals surface area contributed by atoms with Crippen LogP contribution in [0.25, 0.3) is 0 Å². The van der Waals surface area contributed by atoms with E-state index in [1.54, 1.807) is 6.07 Å². The minimum Gasteiger partial charge on any atom is -0.433 e. The van der Waals surface area contributed by atoms with Crippen molar-refractivity contribution in [2.75, 3.05) is 11.4 Å². The molecule has 7 heteroatoms. The van der Waals surface area contributed by atoms with Gasteiger partial charge in [0.25, 0.3) is 0 Å². The average molecular weight is 256 g/mol. The quantitative estimate of drug-likeness (QED) is 0.896. The summed E-state index contributed by atoms with van der Waals surface area (Å²) in [6.07, 6.45) is 0.120. The van der Waals surface area contributed by atoms with Gasteiger partial charge < -0.3 is 4.74 Å². The molecule has 0 aromatic heterocycles. The van der Waals surface area contributed by atoms with Crippen molar-refractivity contribution in [3.8, 4) is 5.75 Å². The number of halogens is 2. The molecule has 1 aliphatic heterocycles. The Balaban J connectivity index is 2.27. The zero-order valence-corrected chi connectivity index (χ0v) is 9.23. The summed E-state index contributed by atoms with van der Waals surface area (Å²) in [6, 6.07) is 5.29. The summed E-state index contributed by atoms with van der Waals surface area (Å²) in [5, 5.41) is 2.11. The SMILES string of the molecule is O=C1CCN(c2ccccc2OC(F)F)C(=O)N1. The number of imide groups is 1. The largest absolute Gasteiger partial charge is 0.433 e. The van der Waals surface area contributed by atoms with Crippen LogP contribution in [0, 0.1) is 0 Å². The number of urea groups is 1. The molecule has 1 fully saturated rings. The van der Waals surface area contributed by atoms with Gasteiger partial charge >= 0.3 is 12.6 Å². The fourth-order valence-corrected chi connectivity index (χ4v) is 1.67. The predicted octanol–water partition coefficient (Wildman–Crippen LogP) is 1.73. The van der Waals surface area contributed by atoms with Crippen LogP contribution < -0.4 is 15.0 Å². The van der Waals surface area contributed by atoms with Crippen LogP contribution in [-0.4, -0.2) is 25.1 Å². The van der Waals surface area contributed by atoms with Gasteiger partial charge in [-0.1, -0.05) is 12.1 Å². The number of anilines is 1. The first-order valence-corrected chi connectivity index (χ1v) is 5.23. The van der Waals surface area contributed by atoms with Gasteiger partial charge in [0.1, 0.15) is 5.75 Å². The fourth-order valence-electron chi connectivity index (χ4n) is 1.67. The molecular weight excluding hydrogens is 246 g/mol. The Hall–Kier alpha value is -2.18. The average Bonchev–Trinajstić information content (AvgIpc) is 2.30. The number of carbonyl (C=O) groups is 2. The van der Waals surface area contributed by atoms with Crippen molar-refractivity contribution in [2.24, 2.45) is 0 Å². The van der Waals surface area contributed by atoms with Crippen LogP contribution in [0.1, 0.15) is 6.42 Å². The number of carbonyl (C=O) groups excluding carboxylic acids is 2. The normalized spacial score (nSPS) is 15.8. The predicted molar refractivity (Wildman–Crippen MR) is 58.6 cm³/mol. The van der Waals surface area contributed by atoms with Crippen molar-refractivity contribution in [1.29, 1.82) is 0 Å². The van der Waals surface area contributed by atoms with Crippen LogP contribution in [-0.2, 0) is 4.79 Å². The molecule has 3 amide bonds. The lowest BCUT2D eigenvalue weighted by atomic mass is 10.2. The minimum atomic E-state index is -2.97. The molecule has 2 rings (SSSR count). The molecule has 96 valence electrons. The lowest BCUT2D eigenvalue weighted by Crippen LogP contribution is -2.49. The molecule has 0 radical (unpaired) electrons. The third-order valence-corrected chi connectivity index (χ3v) is 2.43. The van der Waals surface area contributed by atoms with Crippen LogP contribution in [0.2, 0.25) is 0 Å². The van der Waals surface area contributed by atoms with Crippen LogP contribution in [0.3, 0.4) is 0 Å². The number of hydrogen-bond acceptors (Lipinski definition) is 3. The molecule has 1 N–H and O–H groups in total. The summed E-state index contributed by atoms with van der Waals surface area (Å²) in [4.78, 5) is 23.8. The minimum absolute atomic E-state index is 0.100. The lowest BCUT2D eigenvalue weighted by molar-refractivity contribution is -0.120. The van der Waals surface area contributed by atoms with Crippen molar-refractivity contribution in [1.82, 2.24) is 5.32 Å². The lowest BCUT2D eigenvalue weighted by Gasteiger charge is -2.27. The molecule has 5 nitrogen and oxygen atoms in total. The maximum Gasteiger partial charge on any atom is 0.387 e. The van der Waals surface area contributed by atoms with Gasteiger partial charge in [-0.3, -0.25) is 15.0 Å². The van der Waals surface area contributed by atoms with Gasteiger partial charge in [-0.05, 0) is 12.1 Å². The Bertz CT molecular complexity index is 479. The zero-order chi connectivity index (χ0) is 13.1. The Morgan fingerprint density at radius 3 is 2.67 bits per heavy atom. The maximum absolute atomic E-state index is 12.2. The van der Waals surface area contributed by atoms with Crippen LogP contribution in [0.15, 0.2) is 24.3 Å². The van der Waals surface area contributed by atoms with Gasteiger partial charge in [0, 0.05) is 13.0 Å². The van der Waals surface area contributed by atoms with Gasteiger partial charge in [0.05, 0.1) is 5.69 Å². The van der Waals surface area contributed by atoms with E-state index in [0.717, 1.165) is 0 Å². The van der Waals surface area contributed by atoms with Gasteiger partial charge in [0.15, 0.2) is 0 Å². The molecule has 18 heavy (non-hydrogen) atoms. The third kappa shape index (κ3) is 2.55. The summed E-state index contributed by atoms with van der Waals surface area (Å²) in [5.41, 5.74) is 0.211. The number of amides is 3. The summed E-state index contributed by atoms with van der Waals surface area (Å²) < 4.78 is 28.8. The molecule has 0 spiro atoms. The highest BCUT2D eigenvalue weighted by molar-refractivity contribution is 6.06. The number of benzene rings is 1. The van der Waals surface area contributed by atoms with E-state index < -0.39 is 12.6 Å². The fraction of sp³-hybridized carbons (Fsp3) is 0.273. The second-order valence-electron chi connectivity index (χ2n) is 3.60. The Morgan fingerprint density at radius 1 is 1.28 bits per heavy atom. The van der Waals surface area contributed by atoms with Crippen molar-refractivity contribution >= 4 is 17.6 Å². The third-order valence-electron chi connectivity index (χ3n) is 2.43. The van der Waals surface area contributed by atoms with Crippen molar-refractivity contribution in [3.63, 3.8) is 0 Å². The first-order valence-electron chi connectivity index (χ1n) is 5.23. The molecule has 0 atom stereocenters. The number of nitrogens with zero attached hydrogens (tertiary/aromatic N) is 1. The van der Waals surface area contributed by atoms with E-state index in [1.807, 2.05) is 0 Å². The molecule has 1 aromatic carbocycles. The zero-order valence-electron chi connectivity index (χ0n) is 9.23.